The van der Waals surface area contributed by atoms with Gasteiger partial charge in [-0.3, -0.25) is 9.59 Å². The highest BCUT2D eigenvalue weighted by atomic mass is 32.2. The van der Waals surface area contributed by atoms with Crippen molar-refractivity contribution in [3.63, 3.8) is 0 Å². The Labute approximate surface area is 282 Å². The molecule has 1 aromatic heterocycles. The second-order valence-corrected chi connectivity index (χ2v) is 13.9. The van der Waals surface area contributed by atoms with Gasteiger partial charge in [-0.1, -0.05) is 20.3 Å². The molecule has 266 valence electrons. The molecule has 0 spiro atoms. The molecule has 0 bridgehead atoms. The van der Waals surface area contributed by atoms with E-state index in [1.807, 2.05) is 29.4 Å². The molecule has 14 nitrogen and oxygen atoms in total. The van der Waals surface area contributed by atoms with Gasteiger partial charge in [0, 0.05) is 48.9 Å². The van der Waals surface area contributed by atoms with Gasteiger partial charge in [-0.05, 0) is 32.6 Å². The van der Waals surface area contributed by atoms with Crippen LogP contribution in [0.2, 0.25) is 0 Å². The van der Waals surface area contributed by atoms with Crippen molar-refractivity contribution in [3.8, 4) is 0 Å². The first-order valence-corrected chi connectivity index (χ1v) is 18.3. The Kier molecular flexibility index (Phi) is 15.9. The van der Waals surface area contributed by atoms with E-state index in [0.717, 1.165) is 43.7 Å². The second-order valence-electron chi connectivity index (χ2n) is 12.6. The van der Waals surface area contributed by atoms with Crippen molar-refractivity contribution in [2.45, 2.75) is 101 Å². The Hall–Kier alpha value is -2.59. The molecule has 0 aliphatic carbocycles. The van der Waals surface area contributed by atoms with E-state index in [0.29, 0.717) is 82.8 Å². The van der Waals surface area contributed by atoms with E-state index in [-0.39, 0.29) is 42.2 Å². The number of fused-ring (bicyclic) bond motifs is 1. The lowest BCUT2D eigenvalue weighted by molar-refractivity contribution is -0.122. The number of hydrogen-bond donors (Lipinski definition) is 5. The van der Waals surface area contributed by atoms with E-state index < -0.39 is 0 Å². The molecule has 47 heavy (non-hydrogen) atoms. The molecule has 7 atom stereocenters. The lowest BCUT2D eigenvalue weighted by Gasteiger charge is -2.17. The van der Waals surface area contributed by atoms with Crippen LogP contribution in [0.4, 0.5) is 10.6 Å². The summed E-state index contributed by atoms with van der Waals surface area (Å²) in [4.78, 5) is 40.3. The van der Waals surface area contributed by atoms with Crippen molar-refractivity contribution in [2.75, 3.05) is 63.8 Å². The van der Waals surface area contributed by atoms with Crippen molar-refractivity contribution >= 4 is 35.4 Å². The Morgan fingerprint density at radius 2 is 1.77 bits per heavy atom. The Morgan fingerprint density at radius 3 is 2.47 bits per heavy atom. The number of ether oxygens (including phenoxy) is 4. The number of carbonyl (C=O) groups excluding carboxylic acids is 3. The summed E-state index contributed by atoms with van der Waals surface area (Å²) in [7, 11) is 0. The molecule has 4 amide bonds. The Morgan fingerprint density at radius 1 is 1.06 bits per heavy atom. The third-order valence-electron chi connectivity index (χ3n) is 8.65. The lowest BCUT2D eigenvalue weighted by Crippen LogP contribution is -2.36. The minimum Gasteiger partial charge on any atom is -0.377 e. The fourth-order valence-electron chi connectivity index (χ4n) is 6.18. The van der Waals surface area contributed by atoms with Gasteiger partial charge in [0.15, 0.2) is 0 Å². The predicted octanol–water partition coefficient (Wildman–Crippen LogP) is 2.42. The summed E-state index contributed by atoms with van der Waals surface area (Å²) in [5, 5.41) is 15.5. The number of anilines is 1. The molecule has 1 aromatic rings. The van der Waals surface area contributed by atoms with Crippen LogP contribution in [-0.4, -0.2) is 115 Å². The maximum Gasteiger partial charge on any atom is 0.315 e. The van der Waals surface area contributed by atoms with Crippen molar-refractivity contribution < 1.29 is 33.3 Å². The molecule has 3 fully saturated rings. The number of hydrogen-bond acceptors (Lipinski definition) is 10. The summed E-state index contributed by atoms with van der Waals surface area (Å²) in [6.45, 7) is 9.81. The molecular formula is C32H55N7O7S. The molecule has 15 heteroatoms. The first-order valence-electron chi connectivity index (χ1n) is 17.2. The summed E-state index contributed by atoms with van der Waals surface area (Å²) >= 11 is 1.90. The number of urea groups is 1. The Balaban J connectivity index is 0.886. The molecule has 4 rings (SSSR count). The van der Waals surface area contributed by atoms with E-state index in [1.54, 1.807) is 6.33 Å². The van der Waals surface area contributed by atoms with E-state index in [4.69, 9.17) is 18.9 Å². The number of imidazole rings is 1. The summed E-state index contributed by atoms with van der Waals surface area (Å²) in [6, 6.07) is 0.330. The van der Waals surface area contributed by atoms with Gasteiger partial charge < -0.3 is 50.1 Å². The van der Waals surface area contributed by atoms with Gasteiger partial charge in [0.1, 0.15) is 12.0 Å². The summed E-state index contributed by atoms with van der Waals surface area (Å²) in [5.74, 6) is 2.11. The van der Waals surface area contributed by atoms with E-state index in [2.05, 4.69) is 45.4 Å². The van der Waals surface area contributed by atoms with Crippen molar-refractivity contribution in [1.82, 2.24) is 30.8 Å². The topological polar surface area (TPSA) is 166 Å². The fraction of sp³-hybridized carbons (Fsp3) is 0.812. The minimum atomic E-state index is -0.0708. The second kappa shape index (κ2) is 20.0. The molecule has 0 saturated carbocycles. The largest absolute Gasteiger partial charge is 0.377 e. The highest BCUT2D eigenvalue weighted by molar-refractivity contribution is 8.00. The number of rotatable bonds is 23. The maximum absolute atomic E-state index is 12.3. The van der Waals surface area contributed by atoms with Crippen LogP contribution in [0.15, 0.2) is 12.5 Å². The molecule has 4 heterocycles. The SMILES string of the molecule is CC[C@@H]1CC(C)[C@H](n2cnc(NC(C)CC(=O)NCCOCCOCCOCCNC(=O)CCCCC3SCC4NC(=O)NC43)c2)O1. The van der Waals surface area contributed by atoms with Gasteiger partial charge in [0.25, 0.3) is 0 Å². The van der Waals surface area contributed by atoms with E-state index in [9.17, 15) is 14.4 Å². The molecule has 0 radical (unpaired) electrons. The quantitative estimate of drug-likeness (QED) is 0.0856. The molecule has 5 N–H and O–H groups in total. The monoisotopic (exact) mass is 681 g/mol. The highest BCUT2D eigenvalue weighted by Crippen LogP contribution is 2.36. The predicted molar refractivity (Wildman–Crippen MR) is 180 cm³/mol. The number of aromatic nitrogens is 2. The number of nitrogens with one attached hydrogen (secondary N) is 5. The third-order valence-corrected chi connectivity index (χ3v) is 10.2. The smallest absolute Gasteiger partial charge is 0.315 e. The number of nitrogens with zero attached hydrogens (tertiary/aromatic N) is 2. The number of thioether (sulfide) groups is 1. The minimum absolute atomic E-state index is 0.00563. The van der Waals surface area contributed by atoms with Gasteiger partial charge in [-0.25, -0.2) is 9.78 Å². The van der Waals surface area contributed by atoms with Crippen LogP contribution in [0.3, 0.4) is 0 Å². The van der Waals surface area contributed by atoms with Crippen molar-refractivity contribution in [2.24, 2.45) is 5.92 Å². The summed E-state index contributed by atoms with van der Waals surface area (Å²) in [6.07, 6.45) is 9.75. The first-order chi connectivity index (χ1) is 22.8. The third kappa shape index (κ3) is 12.7. The zero-order valence-electron chi connectivity index (χ0n) is 28.2. The average Bonchev–Trinajstić information content (AvgIpc) is 3.82. The molecule has 3 saturated heterocycles. The number of carbonyl (C=O) groups is 3. The van der Waals surface area contributed by atoms with Crippen LogP contribution in [-0.2, 0) is 28.5 Å². The van der Waals surface area contributed by atoms with Gasteiger partial charge in [-0.2, -0.15) is 11.8 Å². The number of amides is 4. The zero-order valence-corrected chi connectivity index (χ0v) is 29.0. The normalized spacial score (nSPS) is 25.6. The van der Waals surface area contributed by atoms with Gasteiger partial charge in [0.05, 0.1) is 70.4 Å². The lowest BCUT2D eigenvalue weighted by atomic mass is 10.0. The van der Waals surface area contributed by atoms with Crippen LogP contribution >= 0.6 is 11.8 Å². The zero-order chi connectivity index (χ0) is 33.4. The highest BCUT2D eigenvalue weighted by Gasteiger charge is 2.42. The fourth-order valence-corrected chi connectivity index (χ4v) is 7.72. The van der Waals surface area contributed by atoms with Crippen LogP contribution in [0.1, 0.15) is 71.9 Å². The summed E-state index contributed by atoms with van der Waals surface area (Å²) in [5.41, 5.74) is 0. The average molecular weight is 682 g/mol. The standard InChI is InChI=1S/C32H55N7O7S/c1-4-24-17-22(2)31(46-24)39-19-27(35-21-39)36-23(3)18-29(41)34-10-12-44-14-16-45-15-13-43-11-9-33-28(40)8-6-5-7-26-30-25(20-47-26)37-32(42)38-30/h19,21-26,30-31,36H,4-18,20H2,1-3H3,(H,33,40)(H,34,41)(H2,37,38,42)/t22?,23?,24-,25?,26?,30?,31-/m1/s1. The van der Waals surface area contributed by atoms with Crippen molar-refractivity contribution in [1.29, 1.82) is 0 Å². The molecule has 0 aromatic carbocycles. The van der Waals surface area contributed by atoms with Crippen LogP contribution in [0.25, 0.3) is 0 Å². The first kappa shape index (κ1) is 37.2. The molecule has 5 unspecified atom stereocenters. The van der Waals surface area contributed by atoms with Crippen LogP contribution in [0, 0.1) is 5.92 Å². The summed E-state index contributed by atoms with van der Waals surface area (Å²) < 4.78 is 24.7. The Bertz CT molecular complexity index is 1110. The molecular weight excluding hydrogens is 626 g/mol. The van der Waals surface area contributed by atoms with Gasteiger partial charge >= 0.3 is 6.03 Å². The van der Waals surface area contributed by atoms with E-state index in [1.165, 1.54) is 0 Å². The van der Waals surface area contributed by atoms with E-state index >= 15 is 0 Å². The van der Waals surface area contributed by atoms with Crippen molar-refractivity contribution in [3.05, 3.63) is 12.5 Å². The van der Waals surface area contributed by atoms with Crippen LogP contribution < -0.4 is 26.6 Å². The van der Waals surface area contributed by atoms with Crippen LogP contribution in [0.5, 0.6) is 0 Å². The maximum atomic E-state index is 12.3. The van der Waals surface area contributed by atoms with Gasteiger partial charge in [0.2, 0.25) is 11.8 Å². The number of unbranched alkanes of at least 4 members (excludes halogenated alkanes) is 1. The molecule has 3 aliphatic rings. The van der Waals surface area contributed by atoms with Gasteiger partial charge in [-0.15, -0.1) is 0 Å². The molecule has 3 aliphatic heterocycles.